The van der Waals surface area contributed by atoms with E-state index in [4.69, 9.17) is 0 Å². The maximum Gasteiger partial charge on any atom is 0.223 e. The van der Waals surface area contributed by atoms with Gasteiger partial charge in [0.2, 0.25) is 5.91 Å². The van der Waals surface area contributed by atoms with E-state index < -0.39 is 0 Å². The summed E-state index contributed by atoms with van der Waals surface area (Å²) in [5.74, 6) is -0.0402. The molecular weight excluding hydrogens is 193 g/mol. The number of halogens is 1. The smallest absolute Gasteiger partial charge is 0.223 e. The van der Waals surface area contributed by atoms with Crippen molar-refractivity contribution >= 4 is 5.91 Å². The zero-order valence-corrected chi connectivity index (χ0v) is 8.50. The quantitative estimate of drug-likeness (QED) is 0.788. The Balaban J connectivity index is 2.01. The summed E-state index contributed by atoms with van der Waals surface area (Å²) < 4.78 is 12.7. The Morgan fingerprint density at radius 3 is 2.73 bits per heavy atom. The zero-order valence-electron chi connectivity index (χ0n) is 8.50. The summed E-state index contributed by atoms with van der Waals surface area (Å²) in [6.07, 6.45) is 2.69. The molecule has 1 saturated heterocycles. The zero-order chi connectivity index (χ0) is 10.7. The van der Waals surface area contributed by atoms with Gasteiger partial charge in [-0.25, -0.2) is 4.39 Å². The highest BCUT2D eigenvalue weighted by Crippen LogP contribution is 2.17. The first-order valence-corrected chi connectivity index (χ1v) is 5.28. The van der Waals surface area contributed by atoms with Crippen LogP contribution < -0.4 is 5.32 Å². The highest BCUT2D eigenvalue weighted by Gasteiger charge is 2.21. The summed E-state index contributed by atoms with van der Waals surface area (Å²) in [4.78, 5) is 11.5. The van der Waals surface area contributed by atoms with Crippen molar-refractivity contribution in [2.75, 3.05) is 6.54 Å². The molecule has 2 nitrogen and oxygen atoms in total. The SMILES string of the molecule is O=C1NCCCC1Cc1ccc(F)cc1. The molecule has 1 aliphatic heterocycles. The molecule has 0 bridgehead atoms. The Labute approximate surface area is 88.5 Å². The molecule has 0 aromatic heterocycles. The third kappa shape index (κ3) is 2.55. The van der Waals surface area contributed by atoms with Crippen LogP contribution in [-0.4, -0.2) is 12.5 Å². The molecule has 1 heterocycles. The van der Waals surface area contributed by atoms with Gasteiger partial charge in [-0.3, -0.25) is 4.79 Å². The van der Waals surface area contributed by atoms with Crippen molar-refractivity contribution in [2.24, 2.45) is 5.92 Å². The van der Waals surface area contributed by atoms with Crippen LogP contribution in [0.2, 0.25) is 0 Å². The number of carbonyl (C=O) groups is 1. The van der Waals surface area contributed by atoms with Gasteiger partial charge in [0.15, 0.2) is 0 Å². The van der Waals surface area contributed by atoms with Crippen LogP contribution in [0.25, 0.3) is 0 Å². The average molecular weight is 207 g/mol. The minimum Gasteiger partial charge on any atom is -0.356 e. The first-order chi connectivity index (χ1) is 7.25. The van der Waals surface area contributed by atoms with Crippen LogP contribution in [0.5, 0.6) is 0 Å². The fraction of sp³-hybridized carbons (Fsp3) is 0.417. The van der Waals surface area contributed by atoms with Crippen LogP contribution in [0.15, 0.2) is 24.3 Å². The van der Waals surface area contributed by atoms with Crippen molar-refractivity contribution in [3.05, 3.63) is 35.6 Å². The van der Waals surface area contributed by atoms with Gasteiger partial charge in [-0.1, -0.05) is 12.1 Å². The molecule has 0 saturated carbocycles. The van der Waals surface area contributed by atoms with Crippen molar-refractivity contribution in [3.63, 3.8) is 0 Å². The Kier molecular flexibility index (Phi) is 2.99. The van der Waals surface area contributed by atoms with Gasteiger partial charge in [0.05, 0.1) is 0 Å². The van der Waals surface area contributed by atoms with Crippen LogP contribution in [0, 0.1) is 11.7 Å². The van der Waals surface area contributed by atoms with Gasteiger partial charge >= 0.3 is 0 Å². The standard InChI is InChI=1S/C12H14FNO/c13-11-5-3-9(4-6-11)8-10-2-1-7-14-12(10)15/h3-6,10H,1-2,7-8H2,(H,14,15). The van der Waals surface area contributed by atoms with Crippen molar-refractivity contribution in [1.82, 2.24) is 5.32 Å². The van der Waals surface area contributed by atoms with Gasteiger partial charge in [0.25, 0.3) is 0 Å². The maximum absolute atomic E-state index is 12.7. The Bertz CT molecular complexity index is 347. The van der Waals surface area contributed by atoms with E-state index in [1.165, 1.54) is 12.1 Å². The molecule has 1 amide bonds. The minimum absolute atomic E-state index is 0.0595. The summed E-state index contributed by atoms with van der Waals surface area (Å²) in [6, 6.07) is 6.38. The van der Waals surface area contributed by atoms with Gasteiger partial charge in [-0.05, 0) is 37.0 Å². The predicted molar refractivity (Wildman–Crippen MR) is 55.8 cm³/mol. The molecule has 80 valence electrons. The van der Waals surface area contributed by atoms with Gasteiger partial charge in [-0.2, -0.15) is 0 Å². The highest BCUT2D eigenvalue weighted by atomic mass is 19.1. The van der Waals surface area contributed by atoms with Crippen molar-refractivity contribution in [2.45, 2.75) is 19.3 Å². The Hall–Kier alpha value is -1.38. The summed E-state index contributed by atoms with van der Waals surface area (Å²) in [7, 11) is 0. The Morgan fingerprint density at radius 2 is 2.07 bits per heavy atom. The molecular formula is C12H14FNO. The molecule has 1 N–H and O–H groups in total. The molecule has 0 spiro atoms. The van der Waals surface area contributed by atoms with Crippen LogP contribution in [-0.2, 0) is 11.2 Å². The molecule has 15 heavy (non-hydrogen) atoms. The normalized spacial score (nSPS) is 21.1. The molecule has 1 aliphatic rings. The van der Waals surface area contributed by atoms with E-state index >= 15 is 0 Å². The molecule has 1 unspecified atom stereocenters. The molecule has 1 aromatic carbocycles. The van der Waals surface area contributed by atoms with Crippen molar-refractivity contribution in [3.8, 4) is 0 Å². The number of hydrogen-bond donors (Lipinski definition) is 1. The highest BCUT2D eigenvalue weighted by molar-refractivity contribution is 5.79. The second kappa shape index (κ2) is 4.43. The first-order valence-electron chi connectivity index (χ1n) is 5.28. The second-order valence-corrected chi connectivity index (χ2v) is 3.96. The number of rotatable bonds is 2. The molecule has 1 aromatic rings. The van der Waals surface area contributed by atoms with Crippen LogP contribution in [0.3, 0.4) is 0 Å². The lowest BCUT2D eigenvalue weighted by atomic mass is 9.91. The molecule has 3 heteroatoms. The number of amides is 1. The summed E-state index contributed by atoms with van der Waals surface area (Å²) >= 11 is 0. The van der Waals surface area contributed by atoms with Gasteiger partial charge in [0, 0.05) is 12.5 Å². The van der Waals surface area contributed by atoms with Crippen LogP contribution in [0.4, 0.5) is 4.39 Å². The second-order valence-electron chi connectivity index (χ2n) is 3.96. The lowest BCUT2D eigenvalue weighted by Gasteiger charge is -2.21. The van der Waals surface area contributed by atoms with E-state index in [-0.39, 0.29) is 17.6 Å². The number of carbonyl (C=O) groups excluding carboxylic acids is 1. The third-order valence-electron chi connectivity index (χ3n) is 2.79. The van der Waals surface area contributed by atoms with Crippen molar-refractivity contribution in [1.29, 1.82) is 0 Å². The lowest BCUT2D eigenvalue weighted by molar-refractivity contribution is -0.126. The number of piperidine rings is 1. The minimum atomic E-state index is -0.230. The van der Waals surface area contributed by atoms with E-state index in [1.54, 1.807) is 12.1 Å². The monoisotopic (exact) mass is 207 g/mol. The predicted octanol–water partition coefficient (Wildman–Crippen LogP) is 1.89. The van der Waals surface area contributed by atoms with Gasteiger partial charge in [0.1, 0.15) is 5.82 Å². The Morgan fingerprint density at radius 1 is 1.33 bits per heavy atom. The van der Waals surface area contributed by atoms with E-state index in [2.05, 4.69) is 5.32 Å². The van der Waals surface area contributed by atoms with E-state index in [0.29, 0.717) is 6.42 Å². The maximum atomic E-state index is 12.7. The van der Waals surface area contributed by atoms with Crippen molar-refractivity contribution < 1.29 is 9.18 Å². The first kappa shape index (κ1) is 10.1. The third-order valence-corrected chi connectivity index (χ3v) is 2.79. The summed E-state index contributed by atoms with van der Waals surface area (Å²) in [5.41, 5.74) is 1.03. The van der Waals surface area contributed by atoms with E-state index in [1.807, 2.05) is 0 Å². The molecule has 0 aliphatic carbocycles. The molecule has 0 radical (unpaired) electrons. The van der Waals surface area contributed by atoms with Crippen LogP contribution >= 0.6 is 0 Å². The number of nitrogens with one attached hydrogen (secondary N) is 1. The molecule has 2 rings (SSSR count). The average Bonchev–Trinajstić information content (AvgIpc) is 2.25. The number of benzene rings is 1. The topological polar surface area (TPSA) is 29.1 Å². The molecule has 1 fully saturated rings. The fourth-order valence-electron chi connectivity index (χ4n) is 1.94. The largest absolute Gasteiger partial charge is 0.356 e. The summed E-state index contributed by atoms with van der Waals surface area (Å²) in [6.45, 7) is 0.790. The number of hydrogen-bond acceptors (Lipinski definition) is 1. The molecule has 1 atom stereocenters. The van der Waals surface area contributed by atoms with E-state index in [0.717, 1.165) is 24.9 Å². The van der Waals surface area contributed by atoms with Crippen LogP contribution in [0.1, 0.15) is 18.4 Å². The van der Waals surface area contributed by atoms with Gasteiger partial charge in [-0.15, -0.1) is 0 Å². The fourth-order valence-corrected chi connectivity index (χ4v) is 1.94. The summed E-state index contributed by atoms with van der Waals surface area (Å²) in [5, 5.41) is 2.85. The van der Waals surface area contributed by atoms with E-state index in [9.17, 15) is 9.18 Å². The van der Waals surface area contributed by atoms with Gasteiger partial charge < -0.3 is 5.32 Å². The lowest BCUT2D eigenvalue weighted by Crippen LogP contribution is -2.37.